The smallest absolute Gasteiger partial charge is 0.303 e. The van der Waals surface area contributed by atoms with Crippen LogP contribution in [0.2, 0.25) is 5.02 Å². The fraction of sp³-hybridized carbons (Fsp3) is 0.429. The number of phenols is 1. The van der Waals surface area contributed by atoms with E-state index in [2.05, 4.69) is 5.32 Å². The molecule has 5 nitrogen and oxygen atoms in total. The summed E-state index contributed by atoms with van der Waals surface area (Å²) in [4.78, 5) is 22.8. The van der Waals surface area contributed by atoms with Gasteiger partial charge in [-0.25, -0.2) is 0 Å². The molecule has 0 spiro atoms. The van der Waals surface area contributed by atoms with Gasteiger partial charge in [-0.2, -0.15) is 0 Å². The molecular formula is C14H16ClNO4. The lowest BCUT2D eigenvalue weighted by Gasteiger charge is -2.40. The van der Waals surface area contributed by atoms with Crippen molar-refractivity contribution in [1.29, 1.82) is 0 Å². The van der Waals surface area contributed by atoms with Crippen LogP contribution >= 0.6 is 11.6 Å². The lowest BCUT2D eigenvalue weighted by atomic mass is 9.66. The number of amides is 1. The highest BCUT2D eigenvalue weighted by molar-refractivity contribution is 6.30. The molecule has 0 bridgehead atoms. The Morgan fingerprint density at radius 1 is 1.35 bits per heavy atom. The highest BCUT2D eigenvalue weighted by atomic mass is 35.5. The summed E-state index contributed by atoms with van der Waals surface area (Å²) >= 11 is 5.70. The van der Waals surface area contributed by atoms with Crippen LogP contribution in [0, 0.1) is 5.41 Å². The third-order valence-corrected chi connectivity index (χ3v) is 4.00. The van der Waals surface area contributed by atoms with Crippen molar-refractivity contribution in [2.24, 2.45) is 5.41 Å². The third kappa shape index (κ3) is 3.22. The number of phenolic OH excluding ortho intramolecular Hbond substituents is 1. The van der Waals surface area contributed by atoms with Crippen molar-refractivity contribution >= 4 is 23.5 Å². The van der Waals surface area contributed by atoms with E-state index >= 15 is 0 Å². The molecule has 1 fully saturated rings. The molecule has 1 saturated carbocycles. The van der Waals surface area contributed by atoms with Crippen molar-refractivity contribution in [2.75, 3.05) is 6.54 Å². The largest absolute Gasteiger partial charge is 0.507 e. The number of rotatable bonds is 5. The number of carbonyl (C=O) groups is 2. The molecule has 1 aliphatic rings. The first-order valence-corrected chi connectivity index (χ1v) is 6.78. The number of carboxylic acids is 1. The second kappa shape index (κ2) is 5.71. The molecule has 0 unspecified atom stereocenters. The van der Waals surface area contributed by atoms with Crippen molar-refractivity contribution in [3.8, 4) is 5.75 Å². The zero-order chi connectivity index (χ0) is 14.8. The van der Waals surface area contributed by atoms with Gasteiger partial charge in [0.25, 0.3) is 5.91 Å². The minimum absolute atomic E-state index is 0.0554. The maximum Gasteiger partial charge on any atom is 0.303 e. The molecule has 0 saturated heterocycles. The molecule has 1 amide bonds. The molecular weight excluding hydrogens is 282 g/mol. The maximum absolute atomic E-state index is 12.0. The van der Waals surface area contributed by atoms with Crippen LogP contribution in [0.4, 0.5) is 0 Å². The van der Waals surface area contributed by atoms with Gasteiger partial charge < -0.3 is 15.5 Å². The minimum Gasteiger partial charge on any atom is -0.507 e. The van der Waals surface area contributed by atoms with Gasteiger partial charge in [0.05, 0.1) is 12.0 Å². The van der Waals surface area contributed by atoms with Crippen molar-refractivity contribution in [1.82, 2.24) is 5.32 Å². The predicted octanol–water partition coefficient (Wildman–Crippen LogP) is 2.42. The molecule has 0 heterocycles. The molecule has 20 heavy (non-hydrogen) atoms. The van der Waals surface area contributed by atoms with Crippen LogP contribution in [0.3, 0.4) is 0 Å². The number of carbonyl (C=O) groups excluding carboxylic acids is 1. The lowest BCUT2D eigenvalue weighted by Crippen LogP contribution is -2.43. The number of aromatic hydroxyl groups is 1. The normalized spacial score (nSPS) is 16.2. The van der Waals surface area contributed by atoms with Crippen LogP contribution in [0.25, 0.3) is 0 Å². The van der Waals surface area contributed by atoms with Crippen LogP contribution in [-0.2, 0) is 4.79 Å². The predicted molar refractivity (Wildman–Crippen MR) is 74.0 cm³/mol. The van der Waals surface area contributed by atoms with Crippen LogP contribution in [0.5, 0.6) is 5.75 Å². The first-order valence-electron chi connectivity index (χ1n) is 6.40. The monoisotopic (exact) mass is 297 g/mol. The van der Waals surface area contributed by atoms with Crippen LogP contribution in [0.1, 0.15) is 36.0 Å². The summed E-state index contributed by atoms with van der Waals surface area (Å²) in [5, 5.41) is 21.6. The van der Waals surface area contributed by atoms with Crippen LogP contribution in [0.15, 0.2) is 18.2 Å². The zero-order valence-electron chi connectivity index (χ0n) is 10.9. The Bertz CT molecular complexity index is 540. The van der Waals surface area contributed by atoms with E-state index in [1.807, 2.05) is 0 Å². The third-order valence-electron chi connectivity index (χ3n) is 3.77. The van der Waals surface area contributed by atoms with Gasteiger partial charge in [-0.1, -0.05) is 18.0 Å². The van der Waals surface area contributed by atoms with Gasteiger partial charge >= 0.3 is 5.97 Å². The number of hydrogen-bond acceptors (Lipinski definition) is 3. The molecule has 3 N–H and O–H groups in total. The Morgan fingerprint density at radius 2 is 2.05 bits per heavy atom. The molecule has 0 atom stereocenters. The Morgan fingerprint density at radius 3 is 2.55 bits per heavy atom. The standard InChI is InChI=1S/C14H16ClNO4/c15-9-2-3-10(11(17)6-9)13(20)16-8-14(4-1-5-14)7-12(18)19/h2-3,6,17H,1,4-5,7-8H2,(H,16,20)(H,18,19). The molecule has 1 aliphatic carbocycles. The number of hydrogen-bond donors (Lipinski definition) is 3. The van der Waals surface area contributed by atoms with E-state index in [9.17, 15) is 14.7 Å². The number of benzene rings is 1. The highest BCUT2D eigenvalue weighted by Crippen LogP contribution is 2.43. The molecule has 0 aliphatic heterocycles. The van der Waals surface area contributed by atoms with Gasteiger partial charge in [0.2, 0.25) is 0 Å². The van der Waals surface area contributed by atoms with E-state index in [4.69, 9.17) is 16.7 Å². The van der Waals surface area contributed by atoms with E-state index in [1.165, 1.54) is 18.2 Å². The Balaban J connectivity index is 1.99. The zero-order valence-corrected chi connectivity index (χ0v) is 11.6. The topological polar surface area (TPSA) is 86.6 Å². The molecule has 1 aromatic rings. The fourth-order valence-corrected chi connectivity index (χ4v) is 2.64. The van der Waals surface area contributed by atoms with E-state index in [1.54, 1.807) is 0 Å². The van der Waals surface area contributed by atoms with E-state index in [-0.39, 0.29) is 23.1 Å². The summed E-state index contributed by atoms with van der Waals surface area (Å²) < 4.78 is 0. The van der Waals surface area contributed by atoms with Gasteiger partial charge in [-0.15, -0.1) is 0 Å². The maximum atomic E-state index is 12.0. The first-order chi connectivity index (χ1) is 9.42. The van der Waals surface area contributed by atoms with Gasteiger partial charge in [0.1, 0.15) is 5.75 Å². The summed E-state index contributed by atoms with van der Waals surface area (Å²) in [5.74, 6) is -1.46. The summed E-state index contributed by atoms with van der Waals surface area (Å²) in [6, 6.07) is 4.26. The SMILES string of the molecule is O=C(O)CC1(CNC(=O)c2ccc(Cl)cc2O)CCC1. The van der Waals surface area contributed by atoms with Crippen molar-refractivity contribution in [3.63, 3.8) is 0 Å². The van der Waals surface area contributed by atoms with Gasteiger partial charge in [-0.3, -0.25) is 9.59 Å². The molecule has 1 aromatic carbocycles. The average Bonchev–Trinajstić information content (AvgIpc) is 2.31. The first kappa shape index (κ1) is 14.7. The van der Waals surface area contributed by atoms with Gasteiger partial charge in [0, 0.05) is 11.6 Å². The van der Waals surface area contributed by atoms with Gasteiger partial charge in [0.15, 0.2) is 0 Å². The number of halogens is 1. The van der Waals surface area contributed by atoms with E-state index in [0.717, 1.165) is 19.3 Å². The second-order valence-corrected chi connectivity index (χ2v) is 5.70. The van der Waals surface area contributed by atoms with Crippen molar-refractivity contribution in [2.45, 2.75) is 25.7 Å². The van der Waals surface area contributed by atoms with Crippen LogP contribution < -0.4 is 5.32 Å². The van der Waals surface area contributed by atoms with Crippen LogP contribution in [-0.4, -0.2) is 28.6 Å². The molecule has 0 radical (unpaired) electrons. The number of carboxylic acid groups (broad SMARTS) is 1. The van der Waals surface area contributed by atoms with Gasteiger partial charge in [-0.05, 0) is 36.5 Å². The minimum atomic E-state index is -0.853. The van der Waals surface area contributed by atoms with Crippen molar-refractivity contribution in [3.05, 3.63) is 28.8 Å². The average molecular weight is 298 g/mol. The second-order valence-electron chi connectivity index (χ2n) is 5.27. The van der Waals surface area contributed by atoms with Crippen molar-refractivity contribution < 1.29 is 19.8 Å². The Kier molecular flexibility index (Phi) is 4.18. The van der Waals surface area contributed by atoms with E-state index in [0.29, 0.717) is 11.6 Å². The summed E-state index contributed by atoms with van der Waals surface area (Å²) in [7, 11) is 0. The molecule has 2 rings (SSSR count). The molecule has 108 valence electrons. The number of nitrogens with one attached hydrogen (secondary N) is 1. The fourth-order valence-electron chi connectivity index (χ4n) is 2.47. The summed E-state index contributed by atoms with van der Waals surface area (Å²) in [6.07, 6.45) is 2.63. The quantitative estimate of drug-likeness (QED) is 0.779. The molecule has 0 aromatic heterocycles. The summed E-state index contributed by atoms with van der Waals surface area (Å²) in [5.41, 5.74) is -0.206. The molecule has 6 heteroatoms. The highest BCUT2D eigenvalue weighted by Gasteiger charge is 2.39. The Labute approximate surface area is 121 Å². The Hall–Kier alpha value is -1.75. The number of aliphatic carboxylic acids is 1. The summed E-state index contributed by atoms with van der Waals surface area (Å²) in [6.45, 7) is 0.306. The van der Waals surface area contributed by atoms with E-state index < -0.39 is 11.9 Å². The lowest BCUT2D eigenvalue weighted by molar-refractivity contribution is -0.141.